The summed E-state index contributed by atoms with van der Waals surface area (Å²) in [4.78, 5) is 29.3. The number of nitrogens with zero attached hydrogens (tertiary/aromatic N) is 3. The van der Waals surface area contributed by atoms with Crippen LogP contribution in [0.1, 0.15) is 32.0 Å². The Balaban J connectivity index is 1.33. The third-order valence-electron chi connectivity index (χ3n) is 5.45. The molecule has 5 rings (SSSR count). The minimum Gasteiger partial charge on any atom is -0.346 e. The first-order chi connectivity index (χ1) is 16.0. The first-order valence-corrected chi connectivity index (χ1v) is 10.2. The van der Waals surface area contributed by atoms with Crippen LogP contribution in [0.15, 0.2) is 54.9 Å². The maximum absolute atomic E-state index is 13.5. The summed E-state index contributed by atoms with van der Waals surface area (Å²) in [5, 5.41) is 12.6. The van der Waals surface area contributed by atoms with Gasteiger partial charge >= 0.3 is 0 Å². The molecule has 1 aromatic carbocycles. The van der Waals surface area contributed by atoms with Gasteiger partial charge in [0.05, 0.1) is 29.2 Å². The Hall–Kier alpha value is -4.34. The molecule has 0 fully saturated rings. The minimum atomic E-state index is -1.10. The zero-order valence-corrected chi connectivity index (χ0v) is 17.2. The lowest BCUT2D eigenvalue weighted by atomic mass is 10.1. The van der Waals surface area contributed by atoms with Crippen LogP contribution in [0.5, 0.6) is 0 Å². The van der Waals surface area contributed by atoms with Crippen LogP contribution in [0.3, 0.4) is 0 Å². The number of aryl methyl sites for hydroxylation is 1. The Bertz CT molecular complexity index is 1360. The highest BCUT2D eigenvalue weighted by Gasteiger charge is 2.25. The summed E-state index contributed by atoms with van der Waals surface area (Å²) in [6, 6.07) is 10.2. The van der Waals surface area contributed by atoms with E-state index in [1.807, 2.05) is 22.8 Å². The third-order valence-corrected chi connectivity index (χ3v) is 5.45. The predicted octanol–water partition coefficient (Wildman–Crippen LogP) is 3.29. The number of aromatic amines is 1. The average Bonchev–Trinajstić information content (AvgIpc) is 3.44. The molecule has 10 heteroatoms. The lowest BCUT2D eigenvalue weighted by Gasteiger charge is -2.16. The number of fused-ring (bicyclic) bond motifs is 3. The molecule has 0 saturated heterocycles. The lowest BCUT2D eigenvalue weighted by molar-refractivity contribution is 0.0949. The maximum Gasteiger partial charge on any atom is 0.256 e. The van der Waals surface area contributed by atoms with Gasteiger partial charge in [-0.15, -0.1) is 0 Å². The number of anilines is 1. The van der Waals surface area contributed by atoms with E-state index < -0.39 is 17.5 Å². The fraction of sp³-hybridized carbons (Fsp3) is 0.130. The summed E-state index contributed by atoms with van der Waals surface area (Å²) >= 11 is 0. The number of pyridine rings is 1. The van der Waals surface area contributed by atoms with E-state index in [4.69, 9.17) is 0 Å². The molecule has 0 radical (unpaired) electrons. The van der Waals surface area contributed by atoms with E-state index in [-0.39, 0.29) is 11.5 Å². The number of H-pyrrole nitrogens is 1. The summed E-state index contributed by atoms with van der Waals surface area (Å²) in [6.07, 6.45) is 4.00. The number of nitrogens with one attached hydrogen (secondary N) is 3. The largest absolute Gasteiger partial charge is 0.346 e. The van der Waals surface area contributed by atoms with Crippen molar-refractivity contribution < 1.29 is 18.4 Å². The van der Waals surface area contributed by atoms with Gasteiger partial charge in [-0.1, -0.05) is 6.07 Å². The molecule has 0 saturated carbocycles. The number of benzene rings is 1. The molecule has 0 atom stereocenters. The second-order valence-electron chi connectivity index (χ2n) is 7.57. The quantitative estimate of drug-likeness (QED) is 0.436. The van der Waals surface area contributed by atoms with Gasteiger partial charge in [-0.05, 0) is 42.8 Å². The van der Waals surface area contributed by atoms with E-state index in [2.05, 4.69) is 25.8 Å². The van der Waals surface area contributed by atoms with E-state index >= 15 is 0 Å². The normalized spacial score (nSPS) is 12.1. The number of aromatic nitrogens is 4. The Kier molecular flexibility index (Phi) is 5.17. The first kappa shape index (κ1) is 20.6. The molecule has 2 amide bonds. The second kappa shape index (κ2) is 8.30. The van der Waals surface area contributed by atoms with E-state index in [1.54, 1.807) is 18.5 Å². The topological polar surface area (TPSA) is 105 Å². The van der Waals surface area contributed by atoms with E-state index in [1.165, 1.54) is 6.07 Å². The van der Waals surface area contributed by atoms with Gasteiger partial charge in [0, 0.05) is 30.1 Å². The number of rotatable bonds is 5. The highest BCUT2D eigenvalue weighted by Crippen LogP contribution is 2.33. The van der Waals surface area contributed by atoms with Crippen LogP contribution in [0.4, 0.5) is 14.6 Å². The van der Waals surface area contributed by atoms with Gasteiger partial charge < -0.3 is 15.2 Å². The monoisotopic (exact) mass is 448 g/mol. The van der Waals surface area contributed by atoms with Crippen molar-refractivity contribution in [1.82, 2.24) is 25.1 Å². The van der Waals surface area contributed by atoms with Gasteiger partial charge in [-0.25, -0.2) is 8.78 Å². The molecule has 166 valence electrons. The molecule has 0 bridgehead atoms. The predicted molar refractivity (Wildman–Crippen MR) is 115 cm³/mol. The molecule has 3 N–H and O–H groups in total. The Morgan fingerprint density at radius 3 is 2.73 bits per heavy atom. The molecular formula is C23H18F2N6O2. The van der Waals surface area contributed by atoms with Crippen molar-refractivity contribution >= 4 is 17.6 Å². The highest BCUT2D eigenvalue weighted by molar-refractivity contribution is 6.04. The number of amides is 2. The smallest absolute Gasteiger partial charge is 0.256 e. The molecule has 33 heavy (non-hydrogen) atoms. The fourth-order valence-corrected chi connectivity index (χ4v) is 3.78. The van der Waals surface area contributed by atoms with Crippen molar-refractivity contribution in [3.63, 3.8) is 0 Å². The molecule has 1 aliphatic heterocycles. The molecule has 4 heterocycles. The Morgan fingerprint density at radius 2 is 1.94 bits per heavy atom. The van der Waals surface area contributed by atoms with Crippen LogP contribution < -0.4 is 10.6 Å². The van der Waals surface area contributed by atoms with Crippen LogP contribution in [0.25, 0.3) is 11.4 Å². The summed E-state index contributed by atoms with van der Waals surface area (Å²) < 4.78 is 28.5. The van der Waals surface area contributed by atoms with Crippen molar-refractivity contribution in [2.75, 3.05) is 5.32 Å². The van der Waals surface area contributed by atoms with Gasteiger partial charge in [0.25, 0.3) is 11.8 Å². The molecule has 8 nitrogen and oxygen atoms in total. The second-order valence-corrected chi connectivity index (χ2v) is 7.57. The highest BCUT2D eigenvalue weighted by atomic mass is 19.2. The van der Waals surface area contributed by atoms with E-state index in [0.717, 1.165) is 29.1 Å². The maximum atomic E-state index is 13.5. The third kappa shape index (κ3) is 3.98. The molecular weight excluding hydrogens is 430 g/mol. The van der Waals surface area contributed by atoms with Crippen molar-refractivity contribution in [1.29, 1.82) is 0 Å². The summed E-state index contributed by atoms with van der Waals surface area (Å²) in [5.74, 6) is -2.63. The lowest BCUT2D eigenvalue weighted by Crippen LogP contribution is -2.22. The summed E-state index contributed by atoms with van der Waals surface area (Å²) in [7, 11) is 0. The molecule has 0 unspecified atom stereocenters. The van der Waals surface area contributed by atoms with E-state index in [0.29, 0.717) is 36.6 Å². The van der Waals surface area contributed by atoms with Gasteiger partial charge in [-0.2, -0.15) is 5.10 Å². The number of hydrogen-bond acceptors (Lipinski definition) is 4. The number of carbonyl (C=O) groups is 2. The standard InChI is InChI=1S/C23H18F2N6O2/c24-17-5-4-13(9-18(17)25)23(33)28-21-16-6-8-31-12-14(10-19(31)20(16)29-30-21)22(32)27-11-15-3-1-2-7-26-15/h1-5,7,9-10,12H,6,8,11H2,(H,27,32)(H2,28,29,30,33). The number of halogens is 2. The molecule has 1 aliphatic rings. The van der Waals surface area contributed by atoms with Crippen molar-refractivity contribution in [2.45, 2.75) is 19.5 Å². The van der Waals surface area contributed by atoms with Crippen LogP contribution in [-0.2, 0) is 19.5 Å². The Morgan fingerprint density at radius 1 is 1.06 bits per heavy atom. The van der Waals surface area contributed by atoms with Gasteiger partial charge in [-0.3, -0.25) is 19.7 Å². The van der Waals surface area contributed by atoms with Gasteiger partial charge in [0.2, 0.25) is 0 Å². The van der Waals surface area contributed by atoms with Gasteiger partial charge in [0.1, 0.15) is 0 Å². The van der Waals surface area contributed by atoms with Crippen LogP contribution in [0, 0.1) is 11.6 Å². The number of hydrogen-bond donors (Lipinski definition) is 3. The first-order valence-electron chi connectivity index (χ1n) is 10.2. The minimum absolute atomic E-state index is 0.0169. The summed E-state index contributed by atoms with van der Waals surface area (Å²) in [6.45, 7) is 0.902. The molecule has 0 spiro atoms. The zero-order chi connectivity index (χ0) is 22.9. The van der Waals surface area contributed by atoms with Crippen molar-refractivity contribution in [3.8, 4) is 11.4 Å². The SMILES string of the molecule is O=C(NCc1ccccn1)c1cc2n(c1)CCc1c(NC(=O)c3ccc(F)c(F)c3)n[nH]c1-2. The van der Waals surface area contributed by atoms with E-state index in [9.17, 15) is 18.4 Å². The fourth-order valence-electron chi connectivity index (χ4n) is 3.78. The van der Waals surface area contributed by atoms with Crippen LogP contribution in [0.2, 0.25) is 0 Å². The number of carbonyl (C=O) groups excluding carboxylic acids is 2. The van der Waals surface area contributed by atoms with Crippen LogP contribution >= 0.6 is 0 Å². The van der Waals surface area contributed by atoms with Gasteiger partial charge in [0.15, 0.2) is 17.5 Å². The average molecular weight is 448 g/mol. The summed E-state index contributed by atoms with van der Waals surface area (Å²) in [5.41, 5.74) is 3.46. The molecule has 0 aliphatic carbocycles. The van der Waals surface area contributed by atoms with Crippen molar-refractivity contribution in [2.24, 2.45) is 0 Å². The zero-order valence-electron chi connectivity index (χ0n) is 17.2. The Labute approximate surface area is 186 Å². The van der Waals surface area contributed by atoms with Crippen molar-refractivity contribution in [3.05, 3.63) is 88.9 Å². The molecule has 3 aromatic heterocycles. The van der Waals surface area contributed by atoms with Crippen LogP contribution in [-0.4, -0.2) is 31.6 Å². The molecule has 4 aromatic rings.